The number of ketones is 2. The number of nitrogens with two attached hydrogens (primary N) is 3. The van der Waals surface area contributed by atoms with E-state index in [4.69, 9.17) is 40.9 Å². The normalized spacial score (nSPS) is 50.0. The summed E-state index contributed by atoms with van der Waals surface area (Å²) >= 11 is 0. The van der Waals surface area contributed by atoms with Gasteiger partial charge in [0.15, 0.2) is 41.6 Å². The molecule has 0 aromatic rings. The summed E-state index contributed by atoms with van der Waals surface area (Å²) in [5.74, 6) is -2.18. The predicted octanol–water partition coefficient (Wildman–Crippen LogP) is -7.76. The number of hydrogen-bond donors (Lipinski definition) is 11. The van der Waals surface area contributed by atoms with Crippen molar-refractivity contribution >= 4 is 11.6 Å². The van der Waals surface area contributed by atoms with Crippen LogP contribution in [0.2, 0.25) is 0 Å². The second kappa shape index (κ2) is 12.5. The minimum absolute atomic E-state index is 0.709. The van der Waals surface area contributed by atoms with Gasteiger partial charge in [-0.1, -0.05) is 0 Å². The molecule has 0 amide bonds. The highest BCUT2D eigenvalue weighted by Crippen LogP contribution is 2.41. The number of carbonyl (C=O) groups is 2. The number of Topliss-reactive ketones (excluding diaryl/α,β-unsaturated/α-hetero) is 2. The average molecular weight is 586 g/mol. The van der Waals surface area contributed by atoms with E-state index >= 15 is 0 Å². The van der Waals surface area contributed by atoms with Crippen LogP contribution in [0.5, 0.6) is 0 Å². The molecule has 3 aliphatic heterocycles. The first-order valence-electron chi connectivity index (χ1n) is 12.5. The number of aliphatic hydroxyl groups excluding tert-OH is 7. The minimum atomic E-state index is -2.96. The summed E-state index contributed by atoms with van der Waals surface area (Å²) in [5, 5.41) is 82.6. The lowest BCUT2D eigenvalue weighted by Gasteiger charge is -2.54. The van der Waals surface area contributed by atoms with Crippen LogP contribution in [-0.4, -0.2) is 163 Å². The lowest BCUT2D eigenvalue weighted by molar-refractivity contribution is -0.363. The van der Waals surface area contributed by atoms with Crippen LogP contribution >= 0.6 is 0 Å². The molecule has 18 heteroatoms. The number of ether oxygens (including phenoxy) is 5. The maximum absolute atomic E-state index is 12.5. The monoisotopic (exact) mass is 585 g/mol. The molecule has 14 N–H and O–H groups in total. The van der Waals surface area contributed by atoms with E-state index in [2.05, 4.69) is 0 Å². The largest absolute Gasteiger partial charge is 0.394 e. The smallest absolute Gasteiger partial charge is 0.190 e. The molecule has 40 heavy (non-hydrogen) atoms. The van der Waals surface area contributed by atoms with Crippen molar-refractivity contribution in [1.29, 1.82) is 0 Å². The summed E-state index contributed by atoms with van der Waals surface area (Å²) in [6.45, 7) is -1.05. The van der Waals surface area contributed by atoms with E-state index in [0.717, 1.165) is 13.8 Å². The van der Waals surface area contributed by atoms with Crippen LogP contribution in [0.1, 0.15) is 13.8 Å². The van der Waals surface area contributed by atoms with Gasteiger partial charge in [0.05, 0.1) is 37.9 Å². The molecule has 0 spiro atoms. The fourth-order valence-electron chi connectivity index (χ4n) is 5.22. The van der Waals surface area contributed by atoms with Crippen molar-refractivity contribution in [1.82, 2.24) is 0 Å². The van der Waals surface area contributed by atoms with Crippen molar-refractivity contribution in [3.05, 3.63) is 0 Å². The lowest BCUT2D eigenvalue weighted by atomic mass is 9.69. The second-order valence-electron chi connectivity index (χ2n) is 10.2. The minimum Gasteiger partial charge on any atom is -0.394 e. The van der Waals surface area contributed by atoms with Crippen LogP contribution in [0.3, 0.4) is 0 Å². The van der Waals surface area contributed by atoms with Crippen molar-refractivity contribution < 1.29 is 74.1 Å². The molecular formula is C22H39N3O15. The zero-order valence-corrected chi connectivity index (χ0v) is 21.8. The van der Waals surface area contributed by atoms with Crippen molar-refractivity contribution in [3.8, 4) is 0 Å². The van der Waals surface area contributed by atoms with Crippen molar-refractivity contribution in [2.75, 3.05) is 19.8 Å². The van der Waals surface area contributed by atoms with E-state index < -0.39 is 122 Å². The molecule has 2 unspecified atom stereocenters. The highest BCUT2D eigenvalue weighted by molar-refractivity contribution is 5.98. The van der Waals surface area contributed by atoms with Crippen LogP contribution in [0.15, 0.2) is 0 Å². The summed E-state index contributed by atoms with van der Waals surface area (Å²) in [6, 6.07) is -4.53. The Morgan fingerprint density at radius 1 is 0.775 bits per heavy atom. The molecule has 0 radical (unpaired) electrons. The molecule has 18 nitrogen and oxygen atoms in total. The van der Waals surface area contributed by atoms with Gasteiger partial charge in [-0.25, -0.2) is 0 Å². The topological polar surface area (TPSA) is 320 Å². The molecule has 3 aliphatic rings. The van der Waals surface area contributed by atoms with Crippen LogP contribution in [-0.2, 0) is 33.3 Å². The summed E-state index contributed by atoms with van der Waals surface area (Å²) in [6.07, 6.45) is -16.2. The van der Waals surface area contributed by atoms with Gasteiger partial charge in [0.2, 0.25) is 0 Å². The van der Waals surface area contributed by atoms with Crippen molar-refractivity contribution in [2.24, 2.45) is 17.2 Å². The Morgan fingerprint density at radius 2 is 1.27 bits per heavy atom. The van der Waals surface area contributed by atoms with Gasteiger partial charge in [-0.15, -0.1) is 0 Å². The van der Waals surface area contributed by atoms with Gasteiger partial charge >= 0.3 is 0 Å². The van der Waals surface area contributed by atoms with Gasteiger partial charge in [0, 0.05) is 0 Å². The summed E-state index contributed by atoms with van der Waals surface area (Å²) in [7, 11) is 0. The van der Waals surface area contributed by atoms with Gasteiger partial charge < -0.3 is 81.7 Å². The van der Waals surface area contributed by atoms with Crippen LogP contribution < -0.4 is 17.2 Å². The molecule has 232 valence electrons. The van der Waals surface area contributed by atoms with Gasteiger partial charge in [-0.05, 0) is 13.8 Å². The highest BCUT2D eigenvalue weighted by Gasteiger charge is 2.69. The Labute approximate surface area is 228 Å². The average Bonchev–Trinajstić information content (AvgIpc) is 2.92. The molecule has 0 bridgehead atoms. The quantitative estimate of drug-likeness (QED) is 0.120. The zero-order valence-electron chi connectivity index (χ0n) is 21.8. The molecule has 3 saturated heterocycles. The first-order valence-corrected chi connectivity index (χ1v) is 12.5. The molecule has 0 aromatic heterocycles. The summed E-state index contributed by atoms with van der Waals surface area (Å²) < 4.78 is 27.6. The molecule has 15 atom stereocenters. The number of rotatable bonds is 9. The highest BCUT2D eigenvalue weighted by atomic mass is 16.7. The van der Waals surface area contributed by atoms with Crippen LogP contribution in [0.4, 0.5) is 0 Å². The van der Waals surface area contributed by atoms with E-state index in [9.17, 15) is 50.4 Å². The Hall–Kier alpha value is -1.30. The maximum atomic E-state index is 12.5. The third-order valence-electron chi connectivity index (χ3n) is 7.77. The van der Waals surface area contributed by atoms with Gasteiger partial charge in [-0.3, -0.25) is 9.59 Å². The Kier molecular flexibility index (Phi) is 10.4. The van der Waals surface area contributed by atoms with E-state index in [1.807, 2.05) is 0 Å². The molecule has 3 fully saturated rings. The Bertz CT molecular complexity index is 913. The molecule has 3 rings (SSSR count). The number of carbonyl (C=O) groups excluding carboxylic acids is 2. The van der Waals surface area contributed by atoms with Crippen LogP contribution in [0, 0.1) is 0 Å². The fraction of sp³-hybridized carbons (Fsp3) is 0.909. The second-order valence-corrected chi connectivity index (χ2v) is 10.2. The standard InChI is InChI=1S/C22H39N3O15/c1-6(29)21(5-28)22(35,7(2)30)17(33)12(25)20(40-21)39-16-9(4-27)37-19(11(24)14(16)32)38-15-8(3-26)36-18(34)10(23)13(15)31/h8-20,26-28,31-35H,3-5,23-25H2,1-2H3/t8-,9-,10-,11-,12-,13-,14-,15?,16?,17-,18-,19+,20+,21+,22+/m1/s1. The summed E-state index contributed by atoms with van der Waals surface area (Å²) in [5.41, 5.74) is 12.1. The van der Waals surface area contributed by atoms with E-state index in [1.165, 1.54) is 0 Å². The van der Waals surface area contributed by atoms with Gasteiger partial charge in [0.1, 0.15) is 42.7 Å². The third kappa shape index (κ3) is 5.33. The predicted molar refractivity (Wildman–Crippen MR) is 126 cm³/mol. The fourth-order valence-corrected chi connectivity index (χ4v) is 5.22. The van der Waals surface area contributed by atoms with E-state index in [1.54, 1.807) is 0 Å². The van der Waals surface area contributed by atoms with Crippen molar-refractivity contribution in [2.45, 2.75) is 105 Å². The molecule has 0 aromatic carbocycles. The van der Waals surface area contributed by atoms with Gasteiger partial charge in [0.25, 0.3) is 0 Å². The molecule has 0 aliphatic carbocycles. The van der Waals surface area contributed by atoms with Crippen molar-refractivity contribution in [3.63, 3.8) is 0 Å². The SMILES string of the molecule is CC(=O)[C@]1(CO)O[C@H](OC2[C@@H](CO)O[C@@H](OC3[C@@H](CO)O[C@@H](O)[C@H](N)[C@H]3O)[C@H](N)[C@H]2O)[C@H](N)[C@@H](O)[C@@]1(O)C(C)=O. The van der Waals surface area contributed by atoms with Gasteiger partial charge in [-0.2, -0.15) is 0 Å². The molecule has 3 heterocycles. The lowest BCUT2D eigenvalue weighted by Crippen LogP contribution is -2.80. The Morgan fingerprint density at radius 3 is 1.75 bits per heavy atom. The first-order chi connectivity index (χ1) is 18.6. The number of hydrogen-bond acceptors (Lipinski definition) is 18. The third-order valence-corrected chi connectivity index (χ3v) is 7.77. The summed E-state index contributed by atoms with van der Waals surface area (Å²) in [4.78, 5) is 24.8. The zero-order chi connectivity index (χ0) is 30.3. The van der Waals surface area contributed by atoms with Crippen LogP contribution in [0.25, 0.3) is 0 Å². The van der Waals surface area contributed by atoms with E-state index in [0.29, 0.717) is 0 Å². The molecule has 0 saturated carbocycles. The first kappa shape index (κ1) is 33.2. The Balaban J connectivity index is 1.84. The number of aliphatic hydroxyl groups is 8. The molecular weight excluding hydrogens is 546 g/mol. The van der Waals surface area contributed by atoms with E-state index in [-0.39, 0.29) is 0 Å². The maximum Gasteiger partial charge on any atom is 0.190 e.